The fourth-order valence-electron chi connectivity index (χ4n) is 3.77. The van der Waals surface area contributed by atoms with Crippen molar-refractivity contribution in [3.05, 3.63) is 29.3 Å². The molecule has 1 aromatic rings. The van der Waals surface area contributed by atoms with Crippen LogP contribution in [0.4, 0.5) is 5.69 Å². The number of rotatable bonds is 5. The average molecular weight is 392 g/mol. The average Bonchev–Trinajstić information content (AvgIpc) is 2.72. The lowest BCUT2D eigenvalue weighted by Gasteiger charge is -2.36. The summed E-state index contributed by atoms with van der Waals surface area (Å²) >= 11 is 5.92. The van der Waals surface area contributed by atoms with Crippen LogP contribution in [0.2, 0.25) is 5.02 Å². The largest absolute Gasteiger partial charge is 0.368 e. The molecule has 1 saturated carbocycles. The van der Waals surface area contributed by atoms with Crippen molar-refractivity contribution in [2.24, 2.45) is 5.92 Å². The van der Waals surface area contributed by atoms with Gasteiger partial charge in [0, 0.05) is 42.8 Å². The van der Waals surface area contributed by atoms with Crippen LogP contribution in [0.5, 0.6) is 0 Å². The van der Waals surface area contributed by atoms with Crippen LogP contribution in [0, 0.1) is 5.92 Å². The van der Waals surface area contributed by atoms with Crippen molar-refractivity contribution in [2.45, 2.75) is 32.1 Å². The fraction of sp³-hybridized carbons (Fsp3) is 0.550. The molecule has 0 bridgehead atoms. The zero-order valence-corrected chi connectivity index (χ0v) is 16.2. The van der Waals surface area contributed by atoms with E-state index < -0.39 is 5.91 Å². The van der Waals surface area contributed by atoms with E-state index >= 15 is 0 Å². The van der Waals surface area contributed by atoms with Crippen molar-refractivity contribution < 1.29 is 14.4 Å². The van der Waals surface area contributed by atoms with E-state index in [4.69, 9.17) is 11.6 Å². The lowest BCUT2D eigenvalue weighted by molar-refractivity contribution is -0.142. The molecule has 3 rings (SSSR count). The molecule has 1 N–H and O–H groups in total. The topological polar surface area (TPSA) is 69.7 Å². The maximum Gasteiger partial charge on any atom is 0.288 e. The molecular weight excluding hydrogens is 366 g/mol. The van der Waals surface area contributed by atoms with Crippen LogP contribution in [-0.2, 0) is 14.4 Å². The molecule has 1 saturated heterocycles. The first-order chi connectivity index (χ1) is 13.0. The Bertz CT molecular complexity index is 678. The zero-order valence-electron chi connectivity index (χ0n) is 15.5. The third-order valence-corrected chi connectivity index (χ3v) is 5.68. The summed E-state index contributed by atoms with van der Waals surface area (Å²) in [5, 5.41) is 3.22. The zero-order chi connectivity index (χ0) is 19.2. The maximum atomic E-state index is 12.4. The van der Waals surface area contributed by atoms with E-state index in [9.17, 15) is 14.4 Å². The second-order valence-electron chi connectivity index (χ2n) is 7.23. The van der Waals surface area contributed by atoms with Gasteiger partial charge in [0.25, 0.3) is 5.91 Å². The van der Waals surface area contributed by atoms with Gasteiger partial charge in [0.1, 0.15) is 0 Å². The molecule has 2 fully saturated rings. The maximum absolute atomic E-state index is 12.4. The lowest BCUT2D eigenvalue weighted by atomic mass is 9.86. The number of amides is 2. The number of carbonyl (C=O) groups excluding carboxylic acids is 3. The highest BCUT2D eigenvalue weighted by Gasteiger charge is 2.28. The summed E-state index contributed by atoms with van der Waals surface area (Å²) < 4.78 is 0. The molecule has 0 radical (unpaired) electrons. The summed E-state index contributed by atoms with van der Waals surface area (Å²) in [6.45, 7) is 2.52. The van der Waals surface area contributed by atoms with Crippen LogP contribution in [0.3, 0.4) is 0 Å². The standard InChI is InChI=1S/C20H26ClN3O3/c21-16-6-8-17(9-7-16)23-10-12-24(13-11-23)18(25)14-22-20(27)19(26)15-4-2-1-3-5-15/h6-9,15H,1-5,10-14H2,(H,22,27). The molecule has 6 nitrogen and oxygen atoms in total. The van der Waals surface area contributed by atoms with Gasteiger partial charge in [-0.2, -0.15) is 0 Å². The minimum Gasteiger partial charge on any atom is -0.368 e. The van der Waals surface area contributed by atoms with Crippen molar-refractivity contribution in [1.29, 1.82) is 0 Å². The normalized spacial score (nSPS) is 18.3. The van der Waals surface area contributed by atoms with Crippen LogP contribution in [0.1, 0.15) is 32.1 Å². The SMILES string of the molecule is O=C(NCC(=O)N1CCN(c2ccc(Cl)cc2)CC1)C(=O)C1CCCCC1. The second-order valence-corrected chi connectivity index (χ2v) is 7.66. The van der Waals surface area contributed by atoms with Crippen LogP contribution in [-0.4, -0.2) is 55.2 Å². The molecular formula is C20H26ClN3O3. The van der Waals surface area contributed by atoms with Gasteiger partial charge in [-0.05, 0) is 37.1 Å². The third kappa shape index (κ3) is 5.22. The molecule has 146 valence electrons. The number of carbonyl (C=O) groups is 3. The van der Waals surface area contributed by atoms with Crippen LogP contribution in [0.25, 0.3) is 0 Å². The molecule has 2 amide bonds. The van der Waals surface area contributed by atoms with Crippen LogP contribution >= 0.6 is 11.6 Å². The highest BCUT2D eigenvalue weighted by molar-refractivity contribution is 6.37. The van der Waals surface area contributed by atoms with Gasteiger partial charge in [0.05, 0.1) is 6.54 Å². The quantitative estimate of drug-likeness (QED) is 0.781. The Kier molecular flexibility index (Phi) is 6.72. The molecule has 1 aromatic carbocycles. The lowest BCUT2D eigenvalue weighted by Crippen LogP contribution is -2.51. The monoisotopic (exact) mass is 391 g/mol. The molecule has 1 heterocycles. The smallest absolute Gasteiger partial charge is 0.288 e. The number of nitrogens with zero attached hydrogens (tertiary/aromatic N) is 2. The molecule has 0 aromatic heterocycles. The first-order valence-electron chi connectivity index (χ1n) is 9.65. The number of benzene rings is 1. The highest BCUT2D eigenvalue weighted by Crippen LogP contribution is 2.24. The van der Waals surface area contributed by atoms with Crippen molar-refractivity contribution in [3.8, 4) is 0 Å². The Morgan fingerprint density at radius 1 is 0.963 bits per heavy atom. The van der Waals surface area contributed by atoms with Crippen molar-refractivity contribution in [2.75, 3.05) is 37.6 Å². The second kappa shape index (κ2) is 9.22. The number of anilines is 1. The van der Waals surface area contributed by atoms with E-state index in [1.165, 1.54) is 0 Å². The molecule has 1 aliphatic heterocycles. The summed E-state index contributed by atoms with van der Waals surface area (Å²) in [6.07, 6.45) is 4.70. The summed E-state index contributed by atoms with van der Waals surface area (Å²) in [4.78, 5) is 40.5. The molecule has 7 heteroatoms. The van der Waals surface area contributed by atoms with E-state index in [0.717, 1.165) is 50.9 Å². The minimum absolute atomic E-state index is 0.113. The van der Waals surface area contributed by atoms with Gasteiger partial charge in [-0.25, -0.2) is 0 Å². The third-order valence-electron chi connectivity index (χ3n) is 5.42. The van der Waals surface area contributed by atoms with Crippen molar-refractivity contribution >= 4 is 34.9 Å². The molecule has 1 aliphatic carbocycles. The summed E-state index contributed by atoms with van der Waals surface area (Å²) in [5.41, 5.74) is 1.08. The van der Waals surface area contributed by atoms with E-state index in [2.05, 4.69) is 10.2 Å². The number of hydrogen-bond donors (Lipinski definition) is 1. The van der Waals surface area contributed by atoms with Gasteiger partial charge in [-0.1, -0.05) is 30.9 Å². The Balaban J connectivity index is 1.42. The Hall–Kier alpha value is -2.08. The molecule has 2 aliphatic rings. The van der Waals surface area contributed by atoms with Gasteiger partial charge < -0.3 is 15.1 Å². The summed E-state index contributed by atoms with van der Waals surface area (Å²) in [5.74, 6) is -1.29. The number of hydrogen-bond acceptors (Lipinski definition) is 4. The fourth-order valence-corrected chi connectivity index (χ4v) is 3.90. The molecule has 27 heavy (non-hydrogen) atoms. The highest BCUT2D eigenvalue weighted by atomic mass is 35.5. The summed E-state index contributed by atoms with van der Waals surface area (Å²) in [6, 6.07) is 7.65. The Labute approximate surface area is 164 Å². The van der Waals surface area contributed by atoms with E-state index in [1.807, 2.05) is 24.3 Å². The van der Waals surface area contributed by atoms with Crippen molar-refractivity contribution in [1.82, 2.24) is 10.2 Å². The number of nitrogens with one attached hydrogen (secondary N) is 1. The van der Waals surface area contributed by atoms with Gasteiger partial charge in [0.2, 0.25) is 11.7 Å². The van der Waals surface area contributed by atoms with Gasteiger partial charge in [-0.3, -0.25) is 14.4 Å². The number of halogens is 1. The molecule has 0 atom stereocenters. The summed E-state index contributed by atoms with van der Waals surface area (Å²) in [7, 11) is 0. The Morgan fingerprint density at radius 3 is 2.22 bits per heavy atom. The number of Topliss-reactive ketones (excluding diaryl/α,β-unsaturated/α-hetero) is 1. The van der Waals surface area contributed by atoms with Crippen molar-refractivity contribution in [3.63, 3.8) is 0 Å². The van der Waals surface area contributed by atoms with Gasteiger partial charge in [0.15, 0.2) is 0 Å². The molecule has 0 unspecified atom stereocenters. The predicted molar refractivity (Wildman–Crippen MR) is 105 cm³/mol. The van der Waals surface area contributed by atoms with E-state index in [0.29, 0.717) is 18.1 Å². The first kappa shape index (κ1) is 19.7. The first-order valence-corrected chi connectivity index (χ1v) is 10.0. The number of piperazine rings is 1. The van der Waals surface area contributed by atoms with Gasteiger partial charge in [-0.15, -0.1) is 0 Å². The van der Waals surface area contributed by atoms with Gasteiger partial charge >= 0.3 is 0 Å². The van der Waals surface area contributed by atoms with Crippen LogP contribution in [0.15, 0.2) is 24.3 Å². The number of ketones is 1. The van der Waals surface area contributed by atoms with E-state index in [1.54, 1.807) is 4.90 Å². The van der Waals surface area contributed by atoms with Crippen LogP contribution < -0.4 is 10.2 Å². The van der Waals surface area contributed by atoms with E-state index in [-0.39, 0.29) is 24.2 Å². The Morgan fingerprint density at radius 2 is 1.59 bits per heavy atom. The molecule has 0 spiro atoms. The minimum atomic E-state index is -0.616. The predicted octanol–water partition coefficient (Wildman–Crippen LogP) is 2.25.